The second-order valence-electron chi connectivity index (χ2n) is 7.03. The van der Waals surface area contributed by atoms with E-state index in [1.807, 2.05) is 6.92 Å². The summed E-state index contributed by atoms with van der Waals surface area (Å²) >= 11 is 0. The van der Waals surface area contributed by atoms with E-state index < -0.39 is 6.61 Å². The third-order valence-electron chi connectivity index (χ3n) is 4.96. The summed E-state index contributed by atoms with van der Waals surface area (Å²) in [4.78, 5) is 17.6. The highest BCUT2D eigenvalue weighted by atomic mass is 19.3. The molecule has 3 heterocycles. The molecule has 1 N–H and O–H groups in total. The Morgan fingerprint density at radius 1 is 1.19 bits per heavy atom. The number of aryl methyl sites for hydroxylation is 3. The average molecular weight is 427 g/mol. The fourth-order valence-electron chi connectivity index (χ4n) is 3.39. The van der Waals surface area contributed by atoms with Crippen LogP contribution in [0.3, 0.4) is 0 Å². The Hall–Kier alpha value is -3.82. The smallest absolute Gasteiger partial charge is 0.387 e. The fourth-order valence-corrected chi connectivity index (χ4v) is 3.39. The Morgan fingerprint density at radius 3 is 2.65 bits per heavy atom. The van der Waals surface area contributed by atoms with E-state index in [4.69, 9.17) is 4.52 Å². The monoisotopic (exact) mass is 427 g/mol. The minimum atomic E-state index is -2.95. The first-order chi connectivity index (χ1) is 14.7. The Kier molecular flexibility index (Phi) is 5.14. The zero-order chi connectivity index (χ0) is 22.3. The highest BCUT2D eigenvalue weighted by Crippen LogP contribution is 2.30. The zero-order valence-corrected chi connectivity index (χ0v) is 17.2. The molecule has 8 nitrogen and oxygen atoms in total. The van der Waals surface area contributed by atoms with Gasteiger partial charge in [-0.25, -0.2) is 4.98 Å². The van der Waals surface area contributed by atoms with E-state index in [1.54, 1.807) is 43.8 Å². The summed E-state index contributed by atoms with van der Waals surface area (Å²) in [5.74, 6) is -0.408. The van der Waals surface area contributed by atoms with Crippen LogP contribution in [-0.4, -0.2) is 32.4 Å². The van der Waals surface area contributed by atoms with Gasteiger partial charge < -0.3 is 14.6 Å². The van der Waals surface area contributed by atoms with Crippen LogP contribution < -0.4 is 10.1 Å². The molecule has 160 valence electrons. The molecule has 0 unspecified atom stereocenters. The second-order valence-corrected chi connectivity index (χ2v) is 7.03. The number of carbonyl (C=O) groups excluding carboxylic acids is 1. The summed E-state index contributed by atoms with van der Waals surface area (Å²) in [6.07, 6.45) is 0. The van der Waals surface area contributed by atoms with E-state index in [2.05, 4.69) is 25.3 Å². The largest absolute Gasteiger partial charge is 0.435 e. The van der Waals surface area contributed by atoms with Crippen molar-refractivity contribution in [1.29, 1.82) is 0 Å². The van der Waals surface area contributed by atoms with Gasteiger partial charge in [0.1, 0.15) is 5.75 Å². The number of halogens is 2. The maximum absolute atomic E-state index is 13.2. The molecule has 0 aliphatic heterocycles. The molecule has 1 amide bonds. The van der Waals surface area contributed by atoms with Gasteiger partial charge in [-0.3, -0.25) is 9.48 Å². The minimum absolute atomic E-state index is 0.0178. The molecule has 0 saturated heterocycles. The van der Waals surface area contributed by atoms with E-state index in [1.165, 1.54) is 12.1 Å². The first-order valence-corrected chi connectivity index (χ1v) is 9.38. The normalized spacial score (nSPS) is 11.3. The number of ether oxygens (including phenoxy) is 1. The van der Waals surface area contributed by atoms with Gasteiger partial charge in [0.25, 0.3) is 11.6 Å². The standard InChI is InChI=1S/C21H19F2N5O3/c1-10-17-15(19(29)25-18-11(2)26-28(4)12(18)3)9-16(24-20(17)31-27-10)13-6-5-7-14(8-13)30-21(22)23/h5-9,21H,1-4H3,(H,25,29). The summed E-state index contributed by atoms with van der Waals surface area (Å²) in [7, 11) is 1.79. The Balaban J connectivity index is 1.80. The maximum Gasteiger partial charge on any atom is 0.387 e. The van der Waals surface area contributed by atoms with Crippen molar-refractivity contribution >= 4 is 22.7 Å². The summed E-state index contributed by atoms with van der Waals surface area (Å²) in [6, 6.07) is 7.64. The lowest BCUT2D eigenvalue weighted by Crippen LogP contribution is -2.14. The number of rotatable bonds is 5. The van der Waals surface area contributed by atoms with Crippen LogP contribution in [0.5, 0.6) is 5.75 Å². The predicted molar refractivity (Wildman–Crippen MR) is 109 cm³/mol. The van der Waals surface area contributed by atoms with Crippen LogP contribution in [0, 0.1) is 20.8 Å². The first-order valence-electron chi connectivity index (χ1n) is 9.38. The summed E-state index contributed by atoms with van der Waals surface area (Å²) in [5, 5.41) is 11.6. The number of nitrogens with zero attached hydrogens (tertiary/aromatic N) is 4. The van der Waals surface area contributed by atoms with Gasteiger partial charge >= 0.3 is 6.61 Å². The molecule has 0 spiro atoms. The van der Waals surface area contributed by atoms with Gasteiger partial charge in [0.2, 0.25) is 0 Å². The van der Waals surface area contributed by atoms with E-state index in [9.17, 15) is 13.6 Å². The number of hydrogen-bond acceptors (Lipinski definition) is 6. The minimum Gasteiger partial charge on any atom is -0.435 e. The van der Waals surface area contributed by atoms with E-state index in [-0.39, 0.29) is 17.4 Å². The van der Waals surface area contributed by atoms with Crippen molar-refractivity contribution in [3.05, 3.63) is 53.0 Å². The Bertz CT molecular complexity index is 1300. The number of alkyl halides is 2. The molecule has 0 saturated carbocycles. The zero-order valence-electron chi connectivity index (χ0n) is 17.2. The van der Waals surface area contributed by atoms with Crippen molar-refractivity contribution in [2.45, 2.75) is 27.4 Å². The quantitative estimate of drug-likeness (QED) is 0.507. The summed E-state index contributed by atoms with van der Waals surface area (Å²) < 4.78 is 36.6. The van der Waals surface area contributed by atoms with Crippen molar-refractivity contribution in [2.24, 2.45) is 7.05 Å². The number of hydrogen-bond donors (Lipinski definition) is 1. The van der Waals surface area contributed by atoms with Crippen molar-refractivity contribution < 1.29 is 22.8 Å². The summed E-state index contributed by atoms with van der Waals surface area (Å²) in [5.41, 5.74) is 3.90. The van der Waals surface area contributed by atoms with Crippen LogP contribution in [0.4, 0.5) is 14.5 Å². The van der Waals surface area contributed by atoms with Crippen LogP contribution in [0.15, 0.2) is 34.9 Å². The predicted octanol–water partition coefficient (Wildman–Crippen LogP) is 4.40. The van der Waals surface area contributed by atoms with Crippen molar-refractivity contribution in [3.8, 4) is 17.0 Å². The van der Waals surface area contributed by atoms with Crippen LogP contribution in [0.25, 0.3) is 22.4 Å². The molecule has 0 radical (unpaired) electrons. The maximum atomic E-state index is 13.2. The Labute approximate surface area is 175 Å². The number of fused-ring (bicyclic) bond motifs is 1. The van der Waals surface area contributed by atoms with Crippen LogP contribution >= 0.6 is 0 Å². The number of pyridine rings is 1. The van der Waals surface area contributed by atoms with E-state index >= 15 is 0 Å². The molecule has 4 aromatic rings. The molecular weight excluding hydrogens is 408 g/mol. The van der Waals surface area contributed by atoms with Gasteiger partial charge in [-0.05, 0) is 39.0 Å². The molecule has 4 rings (SSSR count). The number of anilines is 1. The number of carbonyl (C=O) groups is 1. The highest BCUT2D eigenvalue weighted by Gasteiger charge is 2.22. The van der Waals surface area contributed by atoms with Gasteiger partial charge in [-0.2, -0.15) is 13.9 Å². The van der Waals surface area contributed by atoms with Crippen LogP contribution in [0.1, 0.15) is 27.4 Å². The number of amides is 1. The highest BCUT2D eigenvalue weighted by molar-refractivity contribution is 6.13. The van der Waals surface area contributed by atoms with Crippen molar-refractivity contribution in [2.75, 3.05) is 5.32 Å². The van der Waals surface area contributed by atoms with Gasteiger partial charge in [0, 0.05) is 12.6 Å². The first kappa shape index (κ1) is 20.5. The molecule has 0 aliphatic carbocycles. The van der Waals surface area contributed by atoms with Crippen molar-refractivity contribution in [1.82, 2.24) is 19.9 Å². The molecule has 3 aromatic heterocycles. The lowest BCUT2D eigenvalue weighted by atomic mass is 10.0. The second kappa shape index (κ2) is 7.78. The van der Waals surface area contributed by atoms with Crippen molar-refractivity contribution in [3.63, 3.8) is 0 Å². The van der Waals surface area contributed by atoms with Gasteiger partial charge in [-0.1, -0.05) is 17.3 Å². The molecule has 31 heavy (non-hydrogen) atoms. The molecule has 0 fully saturated rings. The van der Waals surface area contributed by atoms with Gasteiger partial charge in [-0.15, -0.1) is 0 Å². The molecule has 1 aromatic carbocycles. The molecule has 0 aliphatic rings. The van der Waals surface area contributed by atoms with Crippen LogP contribution in [-0.2, 0) is 7.05 Å². The van der Waals surface area contributed by atoms with E-state index in [0.717, 1.165) is 5.69 Å². The third kappa shape index (κ3) is 3.83. The lowest BCUT2D eigenvalue weighted by Gasteiger charge is -2.10. The molecule has 10 heteroatoms. The number of nitrogens with one attached hydrogen (secondary N) is 1. The lowest BCUT2D eigenvalue weighted by molar-refractivity contribution is -0.0498. The fraction of sp³-hybridized carbons (Fsp3) is 0.238. The Morgan fingerprint density at radius 2 is 1.97 bits per heavy atom. The molecule has 0 bridgehead atoms. The number of benzene rings is 1. The van der Waals surface area contributed by atoms with Crippen LogP contribution in [0.2, 0.25) is 0 Å². The van der Waals surface area contributed by atoms with E-state index in [0.29, 0.717) is 39.3 Å². The van der Waals surface area contributed by atoms with Gasteiger partial charge in [0.05, 0.1) is 39.4 Å². The molecule has 0 atom stereocenters. The SMILES string of the molecule is Cc1nn(C)c(C)c1NC(=O)c1cc(-c2cccc(OC(F)F)c2)nc2onc(C)c12. The van der Waals surface area contributed by atoms with Gasteiger partial charge in [0.15, 0.2) is 0 Å². The summed E-state index contributed by atoms with van der Waals surface area (Å²) in [6.45, 7) is 2.41. The number of aromatic nitrogens is 4. The topological polar surface area (TPSA) is 95.1 Å². The average Bonchev–Trinajstić information content (AvgIpc) is 3.21. The molecular formula is C21H19F2N5O3. The third-order valence-corrected chi connectivity index (χ3v) is 4.96.